The number of H-pyrrole nitrogens is 1. The van der Waals surface area contributed by atoms with E-state index in [0.717, 1.165) is 39.7 Å². The van der Waals surface area contributed by atoms with Gasteiger partial charge >= 0.3 is 0 Å². The van der Waals surface area contributed by atoms with Crippen LogP contribution in [0.15, 0.2) is 46.4 Å². The minimum atomic E-state index is -0.323. The van der Waals surface area contributed by atoms with Gasteiger partial charge in [-0.2, -0.15) is 0 Å². The molecule has 0 bridgehead atoms. The van der Waals surface area contributed by atoms with Crippen LogP contribution in [0.3, 0.4) is 0 Å². The van der Waals surface area contributed by atoms with E-state index in [4.69, 9.17) is 5.73 Å². The lowest BCUT2D eigenvalue weighted by Crippen LogP contribution is -2.20. The molecule has 7 heteroatoms. The Labute approximate surface area is 145 Å². The largest absolute Gasteiger partial charge is 0.397 e. The molecule has 1 aliphatic carbocycles. The van der Waals surface area contributed by atoms with Gasteiger partial charge < -0.3 is 5.73 Å². The summed E-state index contributed by atoms with van der Waals surface area (Å²) < 4.78 is 5.01. The third-order valence-corrected chi connectivity index (χ3v) is 5.65. The molecule has 25 heavy (non-hydrogen) atoms. The first-order valence-corrected chi connectivity index (χ1v) is 8.86. The molecule has 0 aromatic carbocycles. The van der Waals surface area contributed by atoms with E-state index >= 15 is 0 Å². The van der Waals surface area contributed by atoms with Crippen molar-refractivity contribution >= 4 is 32.8 Å². The summed E-state index contributed by atoms with van der Waals surface area (Å²) >= 11 is 1.25. The van der Waals surface area contributed by atoms with Crippen LogP contribution in [0.25, 0.3) is 26.7 Å². The van der Waals surface area contributed by atoms with Gasteiger partial charge in [0.1, 0.15) is 5.39 Å². The van der Waals surface area contributed by atoms with Crippen LogP contribution in [0, 0.1) is 0 Å². The van der Waals surface area contributed by atoms with Crippen LogP contribution in [0.5, 0.6) is 0 Å². The van der Waals surface area contributed by atoms with Crippen molar-refractivity contribution in [2.75, 3.05) is 5.73 Å². The van der Waals surface area contributed by atoms with Crippen molar-refractivity contribution in [3.8, 4) is 11.1 Å². The third-order valence-electron chi connectivity index (χ3n) is 4.73. The molecule has 0 saturated heterocycles. The number of nitrogen functional groups attached to an aromatic ring is 1. The maximum absolute atomic E-state index is 12.8. The number of rotatable bonds is 2. The van der Waals surface area contributed by atoms with Crippen LogP contribution in [0.4, 0.5) is 5.69 Å². The molecule has 5 rings (SSSR count). The molecular weight excluding hydrogens is 336 g/mol. The second-order valence-corrected chi connectivity index (χ2v) is 7.19. The fraction of sp³-hybridized carbons (Fsp3) is 0.167. The summed E-state index contributed by atoms with van der Waals surface area (Å²) in [5.74, 6) is 0.384. The Bertz CT molecular complexity index is 1250. The summed E-state index contributed by atoms with van der Waals surface area (Å²) in [4.78, 5) is 29.1. The highest BCUT2D eigenvalue weighted by Gasteiger charge is 2.30. The Morgan fingerprint density at radius 1 is 1.32 bits per heavy atom. The number of aromatic amines is 1. The highest BCUT2D eigenvalue weighted by molar-refractivity contribution is 7.13. The Hall–Kier alpha value is -2.93. The predicted octanol–water partition coefficient (Wildman–Crippen LogP) is 2.72. The number of hydrogen-bond donors (Lipinski definition) is 2. The minimum Gasteiger partial charge on any atom is -0.397 e. The van der Waals surface area contributed by atoms with Crippen molar-refractivity contribution in [3.05, 3.63) is 63.1 Å². The number of aromatic nitrogens is 3. The standard InChI is InChI=1S/C18H14N4O2S/c19-12-8-22-13(6-11(12)10-2-1-5-20-7-10)14(9-3-4-9)16-15(18(22)24)17(23)21-25-16/h1-2,5-9H,3-4,19H2,(H,21,23). The molecule has 1 saturated carbocycles. The lowest BCUT2D eigenvalue weighted by atomic mass is 10.0. The van der Waals surface area contributed by atoms with E-state index in [1.165, 1.54) is 15.9 Å². The molecule has 0 atom stereocenters. The maximum Gasteiger partial charge on any atom is 0.271 e. The van der Waals surface area contributed by atoms with Crippen molar-refractivity contribution in [1.29, 1.82) is 0 Å². The third kappa shape index (κ3) is 2.05. The normalized spacial score (nSPS) is 14.4. The van der Waals surface area contributed by atoms with E-state index in [1.807, 2.05) is 18.2 Å². The molecule has 3 N–H and O–H groups in total. The molecule has 4 aromatic heterocycles. The highest BCUT2D eigenvalue weighted by Crippen LogP contribution is 2.45. The van der Waals surface area contributed by atoms with E-state index in [-0.39, 0.29) is 16.5 Å². The first-order valence-electron chi connectivity index (χ1n) is 8.04. The quantitative estimate of drug-likeness (QED) is 0.581. The average molecular weight is 350 g/mol. The molecule has 4 heterocycles. The molecule has 0 spiro atoms. The van der Waals surface area contributed by atoms with E-state index < -0.39 is 0 Å². The average Bonchev–Trinajstić information content (AvgIpc) is 3.38. The summed E-state index contributed by atoms with van der Waals surface area (Å²) in [7, 11) is 0. The van der Waals surface area contributed by atoms with Gasteiger partial charge in [0.05, 0.1) is 15.9 Å². The minimum absolute atomic E-state index is 0.234. The Morgan fingerprint density at radius 3 is 2.88 bits per heavy atom. The SMILES string of the molecule is Nc1cn2c(=O)c3c(=O)[nH]sc3c(C3CC3)c2cc1-c1cccnc1. The topological polar surface area (TPSA) is 93.2 Å². The second-order valence-electron chi connectivity index (χ2n) is 6.37. The summed E-state index contributed by atoms with van der Waals surface area (Å²) in [5, 5.41) is 0.234. The van der Waals surface area contributed by atoms with E-state index in [0.29, 0.717) is 11.6 Å². The van der Waals surface area contributed by atoms with E-state index in [2.05, 4.69) is 9.36 Å². The predicted molar refractivity (Wildman–Crippen MR) is 99.3 cm³/mol. The van der Waals surface area contributed by atoms with Gasteiger partial charge in [0.2, 0.25) is 0 Å². The van der Waals surface area contributed by atoms with Crippen molar-refractivity contribution in [2.45, 2.75) is 18.8 Å². The first kappa shape index (κ1) is 14.4. The number of nitrogens with one attached hydrogen (secondary N) is 1. The molecule has 0 aliphatic heterocycles. The number of anilines is 1. The smallest absolute Gasteiger partial charge is 0.271 e. The fourth-order valence-electron chi connectivity index (χ4n) is 3.41. The Morgan fingerprint density at radius 2 is 2.16 bits per heavy atom. The van der Waals surface area contributed by atoms with Crippen LogP contribution >= 0.6 is 11.5 Å². The molecule has 0 unspecified atom stereocenters. The van der Waals surface area contributed by atoms with Crippen molar-refractivity contribution < 1.29 is 0 Å². The lowest BCUT2D eigenvalue weighted by molar-refractivity contribution is 1.07. The number of fused-ring (bicyclic) bond motifs is 2. The van der Waals surface area contributed by atoms with E-state index in [1.54, 1.807) is 18.6 Å². The summed E-state index contributed by atoms with van der Waals surface area (Å²) in [6.07, 6.45) is 7.23. The monoisotopic (exact) mass is 350 g/mol. The molecule has 0 amide bonds. The van der Waals surface area contributed by atoms with E-state index in [9.17, 15) is 9.59 Å². The molecule has 6 nitrogen and oxygen atoms in total. The van der Waals surface area contributed by atoms with Gasteiger partial charge in [0, 0.05) is 29.7 Å². The van der Waals surface area contributed by atoms with Gasteiger partial charge in [0.25, 0.3) is 11.1 Å². The molecule has 124 valence electrons. The number of nitrogens with two attached hydrogens (primary N) is 1. The van der Waals surface area contributed by atoms with Gasteiger partial charge in [-0.05, 0) is 36.5 Å². The zero-order valence-electron chi connectivity index (χ0n) is 13.2. The number of pyridine rings is 3. The lowest BCUT2D eigenvalue weighted by Gasteiger charge is -2.13. The molecule has 4 aromatic rings. The van der Waals surface area contributed by atoms with Gasteiger partial charge in [-0.15, -0.1) is 0 Å². The Kier molecular flexibility index (Phi) is 2.90. The summed E-state index contributed by atoms with van der Waals surface area (Å²) in [6, 6.07) is 5.75. The maximum atomic E-state index is 12.8. The highest BCUT2D eigenvalue weighted by atomic mass is 32.1. The molecular formula is C18H14N4O2S. The van der Waals surface area contributed by atoms with Crippen molar-refractivity contribution in [2.24, 2.45) is 0 Å². The van der Waals surface area contributed by atoms with Crippen molar-refractivity contribution in [1.82, 2.24) is 13.8 Å². The fourth-order valence-corrected chi connectivity index (χ4v) is 4.37. The van der Waals surface area contributed by atoms with Gasteiger partial charge in [-0.3, -0.25) is 23.3 Å². The van der Waals surface area contributed by atoms with Gasteiger partial charge in [0.15, 0.2) is 0 Å². The second kappa shape index (κ2) is 5.03. The molecule has 1 aliphatic rings. The van der Waals surface area contributed by atoms with Gasteiger partial charge in [-0.25, -0.2) is 0 Å². The van der Waals surface area contributed by atoms with Crippen LogP contribution in [0.1, 0.15) is 24.3 Å². The van der Waals surface area contributed by atoms with Crippen LogP contribution in [-0.4, -0.2) is 13.8 Å². The van der Waals surface area contributed by atoms with Gasteiger partial charge in [-0.1, -0.05) is 17.6 Å². The molecule has 0 radical (unpaired) electrons. The van der Waals surface area contributed by atoms with Crippen LogP contribution in [0.2, 0.25) is 0 Å². The zero-order valence-corrected chi connectivity index (χ0v) is 14.0. The number of nitrogens with zero attached hydrogens (tertiary/aromatic N) is 2. The van der Waals surface area contributed by atoms with Crippen LogP contribution < -0.4 is 16.9 Å². The summed E-state index contributed by atoms with van der Waals surface area (Å²) in [5.41, 5.74) is 9.70. The molecule has 1 fully saturated rings. The summed E-state index contributed by atoms with van der Waals surface area (Å²) in [6.45, 7) is 0. The number of hydrogen-bond acceptors (Lipinski definition) is 5. The zero-order chi connectivity index (χ0) is 17.1. The van der Waals surface area contributed by atoms with Crippen LogP contribution in [-0.2, 0) is 0 Å². The first-order chi connectivity index (χ1) is 12.1. The Balaban J connectivity index is 1.96. The van der Waals surface area contributed by atoms with Crippen molar-refractivity contribution in [3.63, 3.8) is 0 Å².